The second-order valence-electron chi connectivity index (χ2n) is 5.43. The van der Waals surface area contributed by atoms with Crippen LogP contribution in [0.4, 0.5) is 0 Å². The number of rotatable bonds is 5. The molecular weight excluding hydrogens is 292 g/mol. The summed E-state index contributed by atoms with van der Waals surface area (Å²) in [5.41, 5.74) is 3.84. The maximum atomic E-state index is 12.1. The number of hydrogen-bond acceptors (Lipinski definition) is 4. The van der Waals surface area contributed by atoms with Crippen LogP contribution in [-0.4, -0.2) is 27.8 Å². The van der Waals surface area contributed by atoms with Crippen LogP contribution in [0.25, 0.3) is 6.08 Å². The minimum Gasteiger partial charge on any atom is -0.495 e. The lowest BCUT2D eigenvalue weighted by Crippen LogP contribution is -2.25. The molecule has 0 aliphatic rings. The zero-order chi connectivity index (χ0) is 17.0. The Morgan fingerprint density at radius 3 is 2.74 bits per heavy atom. The van der Waals surface area contributed by atoms with E-state index in [-0.39, 0.29) is 11.9 Å². The highest BCUT2D eigenvalue weighted by Crippen LogP contribution is 2.20. The van der Waals surface area contributed by atoms with Gasteiger partial charge in [0.1, 0.15) is 5.75 Å². The summed E-state index contributed by atoms with van der Waals surface area (Å²) >= 11 is 0. The zero-order valence-electron chi connectivity index (χ0n) is 14.1. The topological polar surface area (TPSA) is 69.0 Å². The van der Waals surface area contributed by atoms with Gasteiger partial charge in [-0.1, -0.05) is 0 Å². The Bertz CT molecular complexity index is 734. The van der Waals surface area contributed by atoms with Crippen LogP contribution in [0.5, 0.6) is 5.75 Å². The number of nitrogens with zero attached hydrogens (tertiary/aromatic N) is 3. The number of aromatic nitrogens is 3. The number of aryl methyl sites for hydroxylation is 2. The Labute approximate surface area is 136 Å². The molecule has 0 aliphatic carbocycles. The van der Waals surface area contributed by atoms with E-state index in [4.69, 9.17) is 4.74 Å². The average molecular weight is 314 g/mol. The summed E-state index contributed by atoms with van der Waals surface area (Å²) in [6.45, 7) is 5.90. The fourth-order valence-electron chi connectivity index (χ4n) is 2.56. The molecule has 122 valence electrons. The lowest BCUT2D eigenvalue weighted by atomic mass is 10.1. The van der Waals surface area contributed by atoms with Gasteiger partial charge in [-0.25, -0.2) is 0 Å². The number of methoxy groups -OCH3 is 1. The van der Waals surface area contributed by atoms with E-state index < -0.39 is 0 Å². The van der Waals surface area contributed by atoms with Crippen LogP contribution in [0, 0.1) is 13.8 Å². The third-order valence-corrected chi connectivity index (χ3v) is 3.75. The van der Waals surface area contributed by atoms with E-state index in [1.807, 2.05) is 38.6 Å². The Kier molecular flexibility index (Phi) is 5.16. The van der Waals surface area contributed by atoms with Crippen molar-refractivity contribution in [3.8, 4) is 5.75 Å². The van der Waals surface area contributed by atoms with Crippen molar-refractivity contribution < 1.29 is 9.53 Å². The van der Waals surface area contributed by atoms with E-state index >= 15 is 0 Å². The second-order valence-corrected chi connectivity index (χ2v) is 5.43. The first-order valence-corrected chi connectivity index (χ1v) is 7.40. The monoisotopic (exact) mass is 314 g/mol. The van der Waals surface area contributed by atoms with Crippen molar-refractivity contribution in [2.75, 3.05) is 7.11 Å². The van der Waals surface area contributed by atoms with E-state index in [1.54, 1.807) is 25.6 Å². The van der Waals surface area contributed by atoms with Crippen molar-refractivity contribution in [2.45, 2.75) is 26.8 Å². The van der Waals surface area contributed by atoms with Crippen molar-refractivity contribution in [1.29, 1.82) is 0 Å². The van der Waals surface area contributed by atoms with Crippen molar-refractivity contribution in [1.82, 2.24) is 20.1 Å². The molecule has 0 radical (unpaired) electrons. The van der Waals surface area contributed by atoms with E-state index in [0.717, 1.165) is 22.5 Å². The minimum absolute atomic E-state index is 0.107. The number of ether oxygens (including phenoxy) is 1. The van der Waals surface area contributed by atoms with Crippen LogP contribution >= 0.6 is 0 Å². The smallest absolute Gasteiger partial charge is 0.244 e. The molecule has 1 unspecified atom stereocenters. The van der Waals surface area contributed by atoms with Crippen molar-refractivity contribution in [2.24, 2.45) is 7.05 Å². The van der Waals surface area contributed by atoms with Gasteiger partial charge in [0.15, 0.2) is 0 Å². The molecule has 23 heavy (non-hydrogen) atoms. The first-order chi connectivity index (χ1) is 10.9. The molecule has 2 aromatic rings. The van der Waals surface area contributed by atoms with Gasteiger partial charge in [-0.05, 0) is 38.5 Å². The molecule has 0 aliphatic heterocycles. The summed E-state index contributed by atoms with van der Waals surface area (Å²) in [6.07, 6.45) is 6.49. The number of hydrogen-bond donors (Lipinski definition) is 1. The van der Waals surface area contributed by atoms with Gasteiger partial charge in [-0.2, -0.15) is 5.10 Å². The van der Waals surface area contributed by atoms with E-state index in [0.29, 0.717) is 5.75 Å². The highest BCUT2D eigenvalue weighted by atomic mass is 16.5. The lowest BCUT2D eigenvalue weighted by Gasteiger charge is -2.13. The molecule has 2 aromatic heterocycles. The molecule has 0 fully saturated rings. The summed E-state index contributed by atoms with van der Waals surface area (Å²) < 4.78 is 6.93. The summed E-state index contributed by atoms with van der Waals surface area (Å²) in [5.74, 6) is 0.491. The Morgan fingerprint density at radius 1 is 1.39 bits per heavy atom. The average Bonchev–Trinajstić information content (AvgIpc) is 2.78. The minimum atomic E-state index is -0.164. The largest absolute Gasteiger partial charge is 0.495 e. The van der Waals surface area contributed by atoms with Crippen molar-refractivity contribution in [3.05, 3.63) is 47.1 Å². The third-order valence-electron chi connectivity index (χ3n) is 3.75. The van der Waals surface area contributed by atoms with Crippen LogP contribution in [0.2, 0.25) is 0 Å². The summed E-state index contributed by atoms with van der Waals surface area (Å²) in [7, 11) is 3.48. The highest BCUT2D eigenvalue weighted by Gasteiger charge is 2.17. The molecule has 2 rings (SSSR count). The fraction of sp³-hybridized carbons (Fsp3) is 0.353. The Morgan fingerprint density at radius 2 is 2.13 bits per heavy atom. The van der Waals surface area contributed by atoms with E-state index in [2.05, 4.69) is 15.4 Å². The number of carbonyl (C=O) groups is 1. The summed E-state index contributed by atoms with van der Waals surface area (Å²) in [4.78, 5) is 16.2. The number of carbonyl (C=O) groups excluding carboxylic acids is 1. The van der Waals surface area contributed by atoms with E-state index in [1.165, 1.54) is 6.08 Å². The number of amides is 1. The summed E-state index contributed by atoms with van der Waals surface area (Å²) in [6, 6.07) is 1.71. The Hall–Kier alpha value is -2.63. The molecule has 0 saturated heterocycles. The van der Waals surface area contributed by atoms with Gasteiger partial charge >= 0.3 is 0 Å². The van der Waals surface area contributed by atoms with Crippen LogP contribution in [0.15, 0.2) is 24.5 Å². The lowest BCUT2D eigenvalue weighted by molar-refractivity contribution is -0.117. The molecule has 6 heteroatoms. The predicted octanol–water partition coefficient (Wildman–Crippen LogP) is 2.33. The molecule has 6 nitrogen and oxygen atoms in total. The van der Waals surface area contributed by atoms with Gasteiger partial charge in [-0.3, -0.25) is 14.5 Å². The standard InChI is InChI=1S/C17H22N4O2/c1-11(17-12(2)20-21(4)13(17)3)19-16(22)7-6-14-8-15(23-5)10-18-9-14/h6-11H,1-5H3,(H,19,22). The quantitative estimate of drug-likeness (QED) is 0.860. The second kappa shape index (κ2) is 7.09. The van der Waals surface area contributed by atoms with E-state index in [9.17, 15) is 4.79 Å². The predicted molar refractivity (Wildman–Crippen MR) is 89.1 cm³/mol. The fourth-order valence-corrected chi connectivity index (χ4v) is 2.56. The molecule has 1 atom stereocenters. The van der Waals surface area contributed by atoms with Gasteiger partial charge < -0.3 is 10.1 Å². The SMILES string of the molecule is COc1cncc(C=CC(=O)NC(C)c2c(C)nn(C)c2C)c1. The number of nitrogens with one attached hydrogen (secondary N) is 1. The maximum absolute atomic E-state index is 12.1. The van der Waals surface area contributed by atoms with Gasteiger partial charge in [0.05, 0.1) is 25.0 Å². The molecular formula is C17H22N4O2. The molecule has 1 amide bonds. The molecule has 1 N–H and O–H groups in total. The van der Waals surface area contributed by atoms with Crippen molar-refractivity contribution in [3.63, 3.8) is 0 Å². The van der Waals surface area contributed by atoms with Gasteiger partial charge in [-0.15, -0.1) is 0 Å². The number of pyridine rings is 1. The molecule has 0 spiro atoms. The summed E-state index contributed by atoms with van der Waals surface area (Å²) in [5, 5.41) is 7.34. The maximum Gasteiger partial charge on any atom is 0.244 e. The van der Waals surface area contributed by atoms with Crippen LogP contribution < -0.4 is 10.1 Å². The van der Waals surface area contributed by atoms with Crippen LogP contribution in [-0.2, 0) is 11.8 Å². The molecule has 2 heterocycles. The van der Waals surface area contributed by atoms with Crippen LogP contribution in [0.1, 0.15) is 35.5 Å². The van der Waals surface area contributed by atoms with Gasteiger partial charge in [0.25, 0.3) is 0 Å². The third kappa shape index (κ3) is 3.97. The highest BCUT2D eigenvalue weighted by molar-refractivity contribution is 5.92. The first-order valence-electron chi connectivity index (χ1n) is 7.40. The zero-order valence-corrected chi connectivity index (χ0v) is 14.1. The first kappa shape index (κ1) is 16.7. The van der Waals surface area contributed by atoms with Crippen molar-refractivity contribution >= 4 is 12.0 Å². The normalized spacial score (nSPS) is 12.4. The van der Waals surface area contributed by atoms with Gasteiger partial charge in [0, 0.05) is 30.6 Å². The molecule has 0 bridgehead atoms. The van der Waals surface area contributed by atoms with Crippen LogP contribution in [0.3, 0.4) is 0 Å². The molecule has 0 aromatic carbocycles. The Balaban J connectivity index is 2.05. The van der Waals surface area contributed by atoms with Gasteiger partial charge in [0.2, 0.25) is 5.91 Å². The molecule has 0 saturated carbocycles.